The van der Waals surface area contributed by atoms with Gasteiger partial charge in [-0.3, -0.25) is 4.79 Å². The second-order valence-electron chi connectivity index (χ2n) is 5.96. The van der Waals surface area contributed by atoms with Crippen LogP contribution in [0.15, 0.2) is 48.5 Å². The van der Waals surface area contributed by atoms with Crippen LogP contribution in [0.5, 0.6) is 5.75 Å². The molecule has 0 spiro atoms. The zero-order valence-electron chi connectivity index (χ0n) is 15.4. The van der Waals surface area contributed by atoms with Gasteiger partial charge in [-0.05, 0) is 55.8 Å². The maximum atomic E-state index is 12.2. The van der Waals surface area contributed by atoms with Crippen molar-refractivity contribution in [2.45, 2.75) is 32.8 Å². The second-order valence-corrected chi connectivity index (χ2v) is 5.96. The van der Waals surface area contributed by atoms with Crippen LogP contribution >= 0.6 is 0 Å². The van der Waals surface area contributed by atoms with Crippen LogP contribution in [0, 0.1) is 11.3 Å². The third-order valence-corrected chi connectivity index (χ3v) is 3.76. The average Bonchev–Trinajstić information content (AvgIpc) is 2.68. The first-order valence-electron chi connectivity index (χ1n) is 8.78. The van der Waals surface area contributed by atoms with E-state index in [1.54, 1.807) is 55.5 Å². The Hall–Kier alpha value is -3.33. The number of hydrogen-bond acceptors (Lipinski definition) is 5. The van der Waals surface area contributed by atoms with Crippen LogP contribution in [0.1, 0.15) is 42.6 Å². The predicted octanol–water partition coefficient (Wildman–Crippen LogP) is 3.92. The highest BCUT2D eigenvalue weighted by Gasteiger charge is 2.15. The molecule has 0 saturated heterocycles. The average molecular weight is 366 g/mol. The smallest absolute Gasteiger partial charge is 0.338 e. The summed E-state index contributed by atoms with van der Waals surface area (Å²) >= 11 is 0. The molecular formula is C21H22N2O4. The number of nitriles is 1. The summed E-state index contributed by atoms with van der Waals surface area (Å²) in [5, 5.41) is 11.6. The molecule has 1 amide bonds. The van der Waals surface area contributed by atoms with Gasteiger partial charge >= 0.3 is 5.97 Å². The first kappa shape index (κ1) is 20.0. The Morgan fingerprint density at radius 2 is 1.93 bits per heavy atom. The van der Waals surface area contributed by atoms with E-state index >= 15 is 0 Å². The number of esters is 1. The molecule has 2 aromatic rings. The van der Waals surface area contributed by atoms with Crippen LogP contribution in [-0.2, 0) is 9.53 Å². The van der Waals surface area contributed by atoms with Crippen molar-refractivity contribution in [3.05, 3.63) is 59.7 Å². The van der Waals surface area contributed by atoms with Gasteiger partial charge in [-0.2, -0.15) is 5.26 Å². The molecule has 2 aromatic carbocycles. The number of rotatable bonds is 8. The standard InChI is InChI=1S/C21H22N2O4/c1-3-4-12-26-21(25)17-8-10-19(11-9-17)27-15(2)20(24)23-18-7-5-6-16(13-18)14-22/h5-11,13,15H,3-4,12H2,1-2H3,(H,23,24)/t15-/m0/s1. The van der Waals surface area contributed by atoms with Gasteiger partial charge in [0.15, 0.2) is 6.10 Å². The summed E-state index contributed by atoms with van der Waals surface area (Å²) in [5.41, 5.74) is 1.42. The molecule has 6 heteroatoms. The van der Waals surface area contributed by atoms with E-state index in [0.717, 1.165) is 12.8 Å². The molecular weight excluding hydrogens is 344 g/mol. The Bertz CT molecular complexity index is 825. The molecule has 0 unspecified atom stereocenters. The summed E-state index contributed by atoms with van der Waals surface area (Å²) in [6.07, 6.45) is 1.04. The molecule has 0 aliphatic carbocycles. The molecule has 140 valence electrons. The number of nitrogens with zero attached hydrogens (tertiary/aromatic N) is 1. The summed E-state index contributed by atoms with van der Waals surface area (Å²) in [5.74, 6) is -0.250. The monoisotopic (exact) mass is 366 g/mol. The quantitative estimate of drug-likeness (QED) is 0.565. The molecule has 2 rings (SSSR count). The highest BCUT2D eigenvalue weighted by molar-refractivity contribution is 5.94. The first-order chi connectivity index (χ1) is 13.0. The van der Waals surface area contributed by atoms with E-state index < -0.39 is 6.10 Å². The number of unbranched alkanes of at least 4 members (excludes halogenated alkanes) is 1. The Labute approximate surface area is 158 Å². The maximum Gasteiger partial charge on any atom is 0.338 e. The lowest BCUT2D eigenvalue weighted by atomic mass is 10.2. The zero-order valence-corrected chi connectivity index (χ0v) is 15.4. The van der Waals surface area contributed by atoms with Crippen molar-refractivity contribution < 1.29 is 19.1 Å². The number of anilines is 1. The van der Waals surface area contributed by atoms with E-state index in [2.05, 4.69) is 5.32 Å². The third-order valence-electron chi connectivity index (χ3n) is 3.76. The van der Waals surface area contributed by atoms with Gasteiger partial charge in [-0.25, -0.2) is 4.79 Å². The summed E-state index contributed by atoms with van der Waals surface area (Å²) in [7, 11) is 0. The van der Waals surface area contributed by atoms with Crippen molar-refractivity contribution in [1.82, 2.24) is 0 Å². The molecule has 0 bridgehead atoms. The molecule has 0 radical (unpaired) electrons. The largest absolute Gasteiger partial charge is 0.481 e. The van der Waals surface area contributed by atoms with Gasteiger partial charge in [0.05, 0.1) is 23.8 Å². The number of carbonyl (C=O) groups excluding carboxylic acids is 2. The third kappa shape index (κ3) is 6.15. The van der Waals surface area contributed by atoms with E-state index in [1.165, 1.54) is 0 Å². The lowest BCUT2D eigenvalue weighted by Gasteiger charge is -2.15. The van der Waals surface area contributed by atoms with Crippen LogP contribution in [-0.4, -0.2) is 24.6 Å². The summed E-state index contributed by atoms with van der Waals surface area (Å²) in [6.45, 7) is 4.05. The molecule has 0 heterocycles. The minimum Gasteiger partial charge on any atom is -0.481 e. The Morgan fingerprint density at radius 3 is 2.59 bits per heavy atom. The van der Waals surface area contributed by atoms with Crippen LogP contribution in [0.2, 0.25) is 0 Å². The number of ether oxygens (including phenoxy) is 2. The minimum absolute atomic E-state index is 0.340. The molecule has 0 saturated carbocycles. The van der Waals surface area contributed by atoms with Gasteiger partial charge < -0.3 is 14.8 Å². The Balaban J connectivity index is 1.90. The van der Waals surface area contributed by atoms with E-state index in [0.29, 0.717) is 29.2 Å². The molecule has 0 aliphatic rings. The normalized spacial score (nSPS) is 11.1. The van der Waals surface area contributed by atoms with Gasteiger partial charge in [-0.1, -0.05) is 19.4 Å². The highest BCUT2D eigenvalue weighted by Crippen LogP contribution is 2.16. The van der Waals surface area contributed by atoms with Gasteiger partial charge in [-0.15, -0.1) is 0 Å². The fourth-order valence-electron chi connectivity index (χ4n) is 2.23. The second kappa shape index (κ2) is 9.97. The number of benzene rings is 2. The van der Waals surface area contributed by atoms with Crippen molar-refractivity contribution in [1.29, 1.82) is 5.26 Å². The minimum atomic E-state index is -0.752. The Morgan fingerprint density at radius 1 is 1.19 bits per heavy atom. The van der Waals surface area contributed by atoms with Gasteiger partial charge in [0.25, 0.3) is 5.91 Å². The molecule has 1 atom stereocenters. The van der Waals surface area contributed by atoms with E-state index in [9.17, 15) is 9.59 Å². The first-order valence-corrected chi connectivity index (χ1v) is 8.78. The Kier molecular flexibility index (Phi) is 7.38. The van der Waals surface area contributed by atoms with E-state index in [1.807, 2.05) is 13.0 Å². The number of amides is 1. The summed E-state index contributed by atoms with van der Waals surface area (Å²) in [6, 6.07) is 15.1. The van der Waals surface area contributed by atoms with Crippen LogP contribution in [0.3, 0.4) is 0 Å². The highest BCUT2D eigenvalue weighted by atomic mass is 16.5. The topological polar surface area (TPSA) is 88.4 Å². The predicted molar refractivity (Wildman–Crippen MR) is 102 cm³/mol. The molecule has 1 N–H and O–H groups in total. The van der Waals surface area contributed by atoms with Crippen molar-refractivity contribution in [3.8, 4) is 11.8 Å². The maximum absolute atomic E-state index is 12.2. The van der Waals surface area contributed by atoms with Crippen molar-refractivity contribution in [2.75, 3.05) is 11.9 Å². The fourth-order valence-corrected chi connectivity index (χ4v) is 2.23. The molecule has 0 aromatic heterocycles. The molecule has 27 heavy (non-hydrogen) atoms. The van der Waals surface area contributed by atoms with E-state index in [-0.39, 0.29) is 11.9 Å². The number of nitrogens with one attached hydrogen (secondary N) is 1. The number of carbonyl (C=O) groups is 2. The van der Waals surface area contributed by atoms with Crippen LogP contribution < -0.4 is 10.1 Å². The summed E-state index contributed by atoms with van der Waals surface area (Å²) in [4.78, 5) is 24.1. The van der Waals surface area contributed by atoms with Gasteiger partial charge in [0.2, 0.25) is 0 Å². The van der Waals surface area contributed by atoms with E-state index in [4.69, 9.17) is 14.7 Å². The zero-order chi connectivity index (χ0) is 19.6. The summed E-state index contributed by atoms with van der Waals surface area (Å²) < 4.78 is 10.8. The fraction of sp³-hybridized carbons (Fsp3) is 0.286. The lowest BCUT2D eigenvalue weighted by molar-refractivity contribution is -0.122. The van der Waals surface area contributed by atoms with Crippen molar-refractivity contribution in [3.63, 3.8) is 0 Å². The lowest BCUT2D eigenvalue weighted by Crippen LogP contribution is -2.30. The van der Waals surface area contributed by atoms with Crippen molar-refractivity contribution in [2.24, 2.45) is 0 Å². The van der Waals surface area contributed by atoms with Gasteiger partial charge in [0, 0.05) is 5.69 Å². The van der Waals surface area contributed by atoms with Crippen LogP contribution in [0.25, 0.3) is 0 Å². The molecule has 6 nitrogen and oxygen atoms in total. The number of hydrogen-bond donors (Lipinski definition) is 1. The van der Waals surface area contributed by atoms with Gasteiger partial charge in [0.1, 0.15) is 5.75 Å². The van der Waals surface area contributed by atoms with Crippen LogP contribution in [0.4, 0.5) is 5.69 Å². The van der Waals surface area contributed by atoms with Crippen molar-refractivity contribution >= 4 is 17.6 Å². The molecule has 0 aliphatic heterocycles. The SMILES string of the molecule is CCCCOC(=O)c1ccc(O[C@@H](C)C(=O)Nc2cccc(C#N)c2)cc1. The molecule has 0 fully saturated rings.